The Balaban J connectivity index is 2.04. The van der Waals surface area contributed by atoms with E-state index >= 15 is 0 Å². The third-order valence-electron chi connectivity index (χ3n) is 3.30. The molecule has 0 aromatic heterocycles. The topological polar surface area (TPSA) is 36.8 Å². The quantitative estimate of drug-likeness (QED) is 0.610. The van der Waals surface area contributed by atoms with Crippen molar-refractivity contribution in [1.29, 1.82) is 0 Å². The third-order valence-corrected chi connectivity index (χ3v) is 3.30. The second-order valence-electron chi connectivity index (χ2n) is 4.74. The van der Waals surface area contributed by atoms with Crippen molar-refractivity contribution in [3.8, 4) is 0 Å². The number of rotatable bonds is 4. The van der Waals surface area contributed by atoms with Crippen LogP contribution >= 0.6 is 0 Å². The molecule has 0 aliphatic heterocycles. The Labute approximate surface area is 124 Å². The molecule has 0 aliphatic rings. The molecule has 0 saturated carbocycles. The monoisotopic (exact) mass is 275 g/mol. The Hall–Kier alpha value is -2.68. The van der Waals surface area contributed by atoms with Crippen molar-refractivity contribution >= 4 is 27.8 Å². The largest absolute Gasteiger partial charge is 0.385 e. The van der Waals surface area contributed by atoms with Gasteiger partial charge in [-0.05, 0) is 31.2 Å². The van der Waals surface area contributed by atoms with Crippen LogP contribution in [0.2, 0.25) is 0 Å². The van der Waals surface area contributed by atoms with Crippen LogP contribution in [0, 0.1) is 0 Å². The number of azo groups is 1. The van der Waals surface area contributed by atoms with Crippen LogP contribution in [-0.4, -0.2) is 6.54 Å². The van der Waals surface area contributed by atoms with E-state index in [1.807, 2.05) is 48.5 Å². The van der Waals surface area contributed by atoms with E-state index in [4.69, 9.17) is 0 Å². The lowest BCUT2D eigenvalue weighted by atomic mass is 10.1. The van der Waals surface area contributed by atoms with Crippen molar-refractivity contribution in [1.82, 2.24) is 0 Å². The second kappa shape index (κ2) is 6.18. The van der Waals surface area contributed by atoms with Crippen LogP contribution in [0.15, 0.2) is 77.0 Å². The normalized spacial score (nSPS) is 11.1. The summed E-state index contributed by atoms with van der Waals surface area (Å²) in [4.78, 5) is 0. The summed E-state index contributed by atoms with van der Waals surface area (Å²) in [5.74, 6) is 0. The molecule has 104 valence electrons. The van der Waals surface area contributed by atoms with Crippen molar-refractivity contribution in [2.45, 2.75) is 6.92 Å². The van der Waals surface area contributed by atoms with Gasteiger partial charge in [0.05, 0.1) is 11.4 Å². The molecule has 3 nitrogen and oxygen atoms in total. The van der Waals surface area contributed by atoms with Crippen molar-refractivity contribution < 1.29 is 0 Å². The highest BCUT2D eigenvalue weighted by Gasteiger charge is 2.04. The van der Waals surface area contributed by atoms with Crippen LogP contribution in [0.1, 0.15) is 6.92 Å². The van der Waals surface area contributed by atoms with Crippen LogP contribution in [0.4, 0.5) is 17.1 Å². The van der Waals surface area contributed by atoms with Gasteiger partial charge in [0.15, 0.2) is 0 Å². The Kier molecular flexibility index (Phi) is 3.92. The maximum absolute atomic E-state index is 4.40. The maximum Gasteiger partial charge on any atom is 0.0936 e. The molecular weight excluding hydrogens is 258 g/mol. The van der Waals surface area contributed by atoms with Gasteiger partial charge in [0.25, 0.3) is 0 Å². The summed E-state index contributed by atoms with van der Waals surface area (Å²) in [7, 11) is 0. The Morgan fingerprint density at radius 1 is 0.762 bits per heavy atom. The van der Waals surface area contributed by atoms with Crippen LogP contribution in [0.3, 0.4) is 0 Å². The van der Waals surface area contributed by atoms with Crippen LogP contribution in [0.25, 0.3) is 10.8 Å². The number of fused-ring (bicyclic) bond motifs is 1. The van der Waals surface area contributed by atoms with Crippen molar-refractivity contribution in [3.63, 3.8) is 0 Å². The van der Waals surface area contributed by atoms with Gasteiger partial charge in [0.1, 0.15) is 0 Å². The highest BCUT2D eigenvalue weighted by Crippen LogP contribution is 2.32. The fraction of sp³-hybridized carbons (Fsp3) is 0.111. The Morgan fingerprint density at radius 3 is 2.24 bits per heavy atom. The molecule has 3 aromatic rings. The Morgan fingerprint density at radius 2 is 1.48 bits per heavy atom. The molecule has 0 saturated heterocycles. The second-order valence-corrected chi connectivity index (χ2v) is 4.74. The first-order valence-corrected chi connectivity index (χ1v) is 7.11. The van der Waals surface area contributed by atoms with E-state index in [1.165, 1.54) is 5.39 Å². The summed E-state index contributed by atoms with van der Waals surface area (Å²) >= 11 is 0. The molecule has 0 radical (unpaired) electrons. The van der Waals surface area contributed by atoms with Crippen molar-refractivity contribution in [2.75, 3.05) is 11.9 Å². The van der Waals surface area contributed by atoms with Gasteiger partial charge in [0.2, 0.25) is 0 Å². The van der Waals surface area contributed by atoms with Crippen LogP contribution in [0.5, 0.6) is 0 Å². The summed E-state index contributed by atoms with van der Waals surface area (Å²) in [5.41, 5.74) is 2.88. The molecule has 3 heteroatoms. The minimum absolute atomic E-state index is 0.859. The molecule has 0 bridgehead atoms. The van der Waals surface area contributed by atoms with Gasteiger partial charge in [-0.3, -0.25) is 0 Å². The first-order chi connectivity index (χ1) is 10.4. The molecule has 0 amide bonds. The van der Waals surface area contributed by atoms with E-state index in [9.17, 15) is 0 Å². The van der Waals surface area contributed by atoms with Gasteiger partial charge < -0.3 is 5.32 Å². The highest BCUT2D eigenvalue weighted by atomic mass is 15.1. The third kappa shape index (κ3) is 2.92. The number of hydrogen-bond donors (Lipinski definition) is 1. The first-order valence-electron chi connectivity index (χ1n) is 7.11. The first kappa shape index (κ1) is 13.3. The lowest BCUT2D eigenvalue weighted by Crippen LogP contribution is -1.96. The molecule has 0 unspecified atom stereocenters. The number of nitrogens with zero attached hydrogens (tertiary/aromatic N) is 2. The molecule has 21 heavy (non-hydrogen) atoms. The molecule has 1 N–H and O–H groups in total. The number of nitrogens with one attached hydrogen (secondary N) is 1. The van der Waals surface area contributed by atoms with Crippen molar-refractivity contribution in [2.24, 2.45) is 10.2 Å². The average molecular weight is 275 g/mol. The van der Waals surface area contributed by atoms with Gasteiger partial charge in [-0.25, -0.2) is 0 Å². The van der Waals surface area contributed by atoms with E-state index in [0.717, 1.165) is 29.0 Å². The van der Waals surface area contributed by atoms with Gasteiger partial charge in [0, 0.05) is 23.0 Å². The van der Waals surface area contributed by atoms with Crippen molar-refractivity contribution in [3.05, 3.63) is 66.7 Å². The standard InChI is InChI=1S/C18H17N3/c1-2-19-17-12-13-18(16-11-7-6-10-15(16)17)21-20-14-8-4-3-5-9-14/h3-13,19H,2H2,1H3. The molecular formula is C18H17N3. The maximum atomic E-state index is 4.40. The van der Waals surface area contributed by atoms with Crippen LogP contribution < -0.4 is 5.32 Å². The number of benzene rings is 3. The molecule has 3 rings (SSSR count). The zero-order valence-electron chi connectivity index (χ0n) is 12.0. The van der Waals surface area contributed by atoms with Gasteiger partial charge >= 0.3 is 0 Å². The summed E-state index contributed by atoms with van der Waals surface area (Å²) < 4.78 is 0. The number of anilines is 1. The smallest absolute Gasteiger partial charge is 0.0936 e. The number of hydrogen-bond acceptors (Lipinski definition) is 3. The SMILES string of the molecule is CCNc1ccc(N=Nc2ccccc2)c2ccccc12. The van der Waals surface area contributed by atoms with Gasteiger partial charge in [-0.1, -0.05) is 42.5 Å². The predicted octanol–water partition coefficient (Wildman–Crippen LogP) is 5.69. The average Bonchev–Trinajstić information content (AvgIpc) is 2.55. The van der Waals surface area contributed by atoms with E-state index < -0.39 is 0 Å². The molecule has 0 aliphatic carbocycles. The molecule has 0 spiro atoms. The minimum Gasteiger partial charge on any atom is -0.385 e. The van der Waals surface area contributed by atoms with Gasteiger partial charge in [-0.15, -0.1) is 5.11 Å². The molecule has 3 aromatic carbocycles. The van der Waals surface area contributed by atoms with Gasteiger partial charge in [-0.2, -0.15) is 5.11 Å². The summed E-state index contributed by atoms with van der Waals surface area (Å²) in [6.45, 7) is 2.99. The van der Waals surface area contributed by atoms with E-state index in [-0.39, 0.29) is 0 Å². The van der Waals surface area contributed by atoms with E-state index in [2.05, 4.69) is 40.7 Å². The lowest BCUT2D eigenvalue weighted by Gasteiger charge is -2.09. The summed E-state index contributed by atoms with van der Waals surface area (Å²) in [6, 6.07) is 22.1. The van der Waals surface area contributed by atoms with E-state index in [1.54, 1.807) is 0 Å². The van der Waals surface area contributed by atoms with Crippen LogP contribution in [-0.2, 0) is 0 Å². The fourth-order valence-electron chi connectivity index (χ4n) is 2.32. The minimum atomic E-state index is 0.859. The Bertz CT molecular complexity index is 764. The zero-order valence-corrected chi connectivity index (χ0v) is 12.0. The summed E-state index contributed by atoms with van der Waals surface area (Å²) in [5, 5.41) is 14.4. The zero-order chi connectivity index (χ0) is 14.5. The fourth-order valence-corrected chi connectivity index (χ4v) is 2.32. The molecule has 0 atom stereocenters. The highest BCUT2D eigenvalue weighted by molar-refractivity contribution is 6.00. The molecule has 0 heterocycles. The predicted molar refractivity (Wildman–Crippen MR) is 88.7 cm³/mol. The lowest BCUT2D eigenvalue weighted by molar-refractivity contribution is 1.21. The van der Waals surface area contributed by atoms with E-state index in [0.29, 0.717) is 0 Å². The molecule has 0 fully saturated rings. The summed E-state index contributed by atoms with van der Waals surface area (Å²) in [6.07, 6.45) is 0.